The lowest BCUT2D eigenvalue weighted by atomic mass is 10.0. The molecule has 0 aliphatic carbocycles. The SMILES string of the molecule is N#CC(O)[C@H](Cc1ccccc1)N1C(=O)c2ccccc2C1=O. The van der Waals surface area contributed by atoms with Gasteiger partial charge < -0.3 is 5.11 Å². The first-order valence-electron chi connectivity index (χ1n) is 7.22. The lowest BCUT2D eigenvalue weighted by Crippen LogP contribution is -2.47. The maximum absolute atomic E-state index is 12.5. The maximum Gasteiger partial charge on any atom is 0.261 e. The molecule has 1 N–H and O–H groups in total. The van der Waals surface area contributed by atoms with Gasteiger partial charge in [0.1, 0.15) is 0 Å². The monoisotopic (exact) mass is 306 g/mol. The summed E-state index contributed by atoms with van der Waals surface area (Å²) in [6.07, 6.45) is -1.22. The van der Waals surface area contributed by atoms with Gasteiger partial charge in [-0.2, -0.15) is 5.26 Å². The van der Waals surface area contributed by atoms with Crippen molar-refractivity contribution in [1.82, 2.24) is 4.90 Å². The Morgan fingerprint density at radius 3 is 2.00 bits per heavy atom. The molecule has 2 aromatic rings. The number of carbonyl (C=O) groups excluding carboxylic acids is 2. The predicted octanol–water partition coefficient (Wildman–Crippen LogP) is 1.78. The van der Waals surface area contributed by atoms with Crippen molar-refractivity contribution >= 4 is 11.8 Å². The largest absolute Gasteiger partial charge is 0.376 e. The number of fused-ring (bicyclic) bond motifs is 1. The molecule has 0 radical (unpaired) electrons. The van der Waals surface area contributed by atoms with E-state index in [0.29, 0.717) is 11.1 Å². The molecule has 0 bridgehead atoms. The molecule has 0 saturated heterocycles. The molecule has 23 heavy (non-hydrogen) atoms. The molecule has 2 aromatic carbocycles. The van der Waals surface area contributed by atoms with Crippen LogP contribution in [0.5, 0.6) is 0 Å². The number of nitrogens with zero attached hydrogens (tertiary/aromatic N) is 2. The van der Waals surface area contributed by atoms with Crippen LogP contribution in [0.3, 0.4) is 0 Å². The lowest BCUT2D eigenvalue weighted by Gasteiger charge is -2.27. The standard InChI is InChI=1S/C18H14N2O3/c19-11-16(21)15(10-12-6-2-1-3-7-12)20-17(22)13-8-4-5-9-14(13)18(20)23/h1-9,15-16,21H,10H2/t15-,16?/m0/s1. The molecule has 5 heteroatoms. The molecule has 0 aromatic heterocycles. The number of carbonyl (C=O) groups is 2. The van der Waals surface area contributed by atoms with Crippen molar-refractivity contribution in [2.24, 2.45) is 0 Å². The lowest BCUT2D eigenvalue weighted by molar-refractivity contribution is 0.0442. The fraction of sp³-hybridized carbons (Fsp3) is 0.167. The molecule has 5 nitrogen and oxygen atoms in total. The van der Waals surface area contributed by atoms with E-state index in [1.807, 2.05) is 30.3 Å². The number of nitriles is 1. The van der Waals surface area contributed by atoms with Crippen molar-refractivity contribution in [3.63, 3.8) is 0 Å². The Balaban J connectivity index is 1.97. The molecule has 1 aliphatic rings. The first-order valence-corrected chi connectivity index (χ1v) is 7.22. The van der Waals surface area contributed by atoms with E-state index in [2.05, 4.69) is 0 Å². The van der Waals surface area contributed by atoms with Gasteiger partial charge in [0.25, 0.3) is 11.8 Å². The van der Waals surface area contributed by atoms with E-state index >= 15 is 0 Å². The van der Waals surface area contributed by atoms with E-state index in [0.717, 1.165) is 10.5 Å². The second-order valence-electron chi connectivity index (χ2n) is 5.36. The molecule has 2 amide bonds. The van der Waals surface area contributed by atoms with Gasteiger partial charge in [-0.05, 0) is 24.1 Å². The minimum atomic E-state index is -1.45. The van der Waals surface area contributed by atoms with Gasteiger partial charge >= 0.3 is 0 Å². The van der Waals surface area contributed by atoms with E-state index in [-0.39, 0.29) is 6.42 Å². The van der Waals surface area contributed by atoms with Crippen molar-refractivity contribution in [2.45, 2.75) is 18.6 Å². The Morgan fingerprint density at radius 1 is 0.957 bits per heavy atom. The van der Waals surface area contributed by atoms with Crippen molar-refractivity contribution in [3.05, 3.63) is 71.3 Å². The average Bonchev–Trinajstić information content (AvgIpc) is 2.85. The molecular formula is C18H14N2O3. The third-order valence-electron chi connectivity index (χ3n) is 3.94. The van der Waals surface area contributed by atoms with E-state index in [1.165, 1.54) is 0 Å². The third-order valence-corrected chi connectivity index (χ3v) is 3.94. The number of hydrogen-bond donors (Lipinski definition) is 1. The van der Waals surface area contributed by atoms with Gasteiger partial charge in [0.2, 0.25) is 0 Å². The van der Waals surface area contributed by atoms with Crippen molar-refractivity contribution in [1.29, 1.82) is 5.26 Å². The second-order valence-corrected chi connectivity index (χ2v) is 5.36. The fourth-order valence-corrected chi connectivity index (χ4v) is 2.79. The Bertz CT molecular complexity index is 760. The summed E-state index contributed by atoms with van der Waals surface area (Å²) >= 11 is 0. The number of aliphatic hydroxyl groups is 1. The zero-order chi connectivity index (χ0) is 16.4. The minimum absolute atomic E-state index is 0.223. The Morgan fingerprint density at radius 2 is 1.48 bits per heavy atom. The van der Waals surface area contributed by atoms with Crippen molar-refractivity contribution < 1.29 is 14.7 Å². The molecule has 1 heterocycles. The van der Waals surface area contributed by atoms with Crippen molar-refractivity contribution in [3.8, 4) is 6.07 Å². The molecular weight excluding hydrogens is 292 g/mol. The second kappa shape index (κ2) is 6.03. The number of benzene rings is 2. The highest BCUT2D eigenvalue weighted by Gasteiger charge is 2.42. The van der Waals surface area contributed by atoms with Gasteiger partial charge in [-0.3, -0.25) is 14.5 Å². The van der Waals surface area contributed by atoms with Gasteiger partial charge in [0.05, 0.1) is 23.2 Å². The van der Waals surface area contributed by atoms with Crippen LogP contribution in [-0.2, 0) is 6.42 Å². The molecule has 1 aliphatic heterocycles. The summed E-state index contributed by atoms with van der Waals surface area (Å²) in [5.41, 5.74) is 1.45. The third kappa shape index (κ3) is 2.60. The highest BCUT2D eigenvalue weighted by molar-refractivity contribution is 6.21. The summed E-state index contributed by atoms with van der Waals surface area (Å²) in [6, 6.07) is 16.5. The number of amides is 2. The molecule has 114 valence electrons. The van der Waals surface area contributed by atoms with E-state index in [4.69, 9.17) is 5.26 Å². The van der Waals surface area contributed by atoms with Gasteiger partial charge in [-0.15, -0.1) is 0 Å². The van der Waals surface area contributed by atoms with Crippen LogP contribution in [0.1, 0.15) is 26.3 Å². The normalized spacial score (nSPS) is 15.9. The predicted molar refractivity (Wildman–Crippen MR) is 82.5 cm³/mol. The Kier molecular flexibility index (Phi) is 3.92. The highest BCUT2D eigenvalue weighted by Crippen LogP contribution is 2.27. The number of rotatable bonds is 4. The van der Waals surface area contributed by atoms with Crippen LogP contribution in [0.15, 0.2) is 54.6 Å². The Hall–Kier alpha value is -2.97. The van der Waals surface area contributed by atoms with Crippen LogP contribution in [0, 0.1) is 11.3 Å². The van der Waals surface area contributed by atoms with Crippen LogP contribution in [0.25, 0.3) is 0 Å². The molecule has 1 unspecified atom stereocenters. The molecule has 3 rings (SSSR count). The number of imide groups is 1. The molecule has 0 saturated carbocycles. The van der Waals surface area contributed by atoms with Crippen LogP contribution in [-0.4, -0.2) is 34.0 Å². The molecule has 0 fully saturated rings. The maximum atomic E-state index is 12.5. The van der Waals surface area contributed by atoms with Crippen LogP contribution < -0.4 is 0 Å². The summed E-state index contributed by atoms with van der Waals surface area (Å²) < 4.78 is 0. The minimum Gasteiger partial charge on any atom is -0.376 e. The van der Waals surface area contributed by atoms with Crippen LogP contribution >= 0.6 is 0 Å². The number of hydrogen-bond acceptors (Lipinski definition) is 4. The molecule has 0 spiro atoms. The van der Waals surface area contributed by atoms with E-state index in [9.17, 15) is 14.7 Å². The summed E-state index contributed by atoms with van der Waals surface area (Å²) in [4.78, 5) is 26.1. The summed E-state index contributed by atoms with van der Waals surface area (Å²) in [6.45, 7) is 0. The first-order chi connectivity index (χ1) is 11.1. The topological polar surface area (TPSA) is 81.4 Å². The van der Waals surface area contributed by atoms with Crippen molar-refractivity contribution in [2.75, 3.05) is 0 Å². The fourth-order valence-electron chi connectivity index (χ4n) is 2.79. The highest BCUT2D eigenvalue weighted by atomic mass is 16.3. The smallest absolute Gasteiger partial charge is 0.261 e. The van der Waals surface area contributed by atoms with E-state index < -0.39 is 24.0 Å². The van der Waals surface area contributed by atoms with E-state index in [1.54, 1.807) is 30.3 Å². The van der Waals surface area contributed by atoms with Crippen LogP contribution in [0.2, 0.25) is 0 Å². The summed E-state index contributed by atoms with van der Waals surface area (Å²) in [5.74, 6) is -0.943. The quantitative estimate of drug-likeness (QED) is 0.689. The van der Waals surface area contributed by atoms with Gasteiger partial charge in [-0.25, -0.2) is 0 Å². The first kappa shape index (κ1) is 14.9. The summed E-state index contributed by atoms with van der Waals surface area (Å²) in [7, 11) is 0. The van der Waals surface area contributed by atoms with Gasteiger partial charge in [0, 0.05) is 0 Å². The van der Waals surface area contributed by atoms with Gasteiger partial charge in [-0.1, -0.05) is 42.5 Å². The molecule has 2 atom stereocenters. The number of aliphatic hydroxyl groups excluding tert-OH is 1. The van der Waals surface area contributed by atoms with Crippen LogP contribution in [0.4, 0.5) is 0 Å². The zero-order valence-corrected chi connectivity index (χ0v) is 12.2. The Labute approximate surface area is 133 Å². The average molecular weight is 306 g/mol. The van der Waals surface area contributed by atoms with Gasteiger partial charge in [0.15, 0.2) is 6.10 Å². The summed E-state index contributed by atoms with van der Waals surface area (Å²) in [5, 5.41) is 19.1. The zero-order valence-electron chi connectivity index (χ0n) is 12.2.